The predicted octanol–water partition coefficient (Wildman–Crippen LogP) is 5.33. The standard InChI is InChI=1S/C25H20ClN5O2/c1-15-21(24(32)29-18-7-10-23-17(11-18)13-28-30-23)14-27-25(33)31(15)19-8-9-20(22(26)12-19)16-5-3-2-4-6-16/h2-13H,14H2,1H3,(H,27,33)(H,28,30)(H,29,32). The maximum absolute atomic E-state index is 13.0. The summed E-state index contributed by atoms with van der Waals surface area (Å²) in [5, 5.41) is 14.0. The van der Waals surface area contributed by atoms with Gasteiger partial charge in [0.25, 0.3) is 5.91 Å². The second-order valence-electron chi connectivity index (χ2n) is 7.71. The van der Waals surface area contributed by atoms with E-state index in [9.17, 15) is 9.59 Å². The third-order valence-electron chi connectivity index (χ3n) is 5.66. The molecule has 1 aliphatic heterocycles. The van der Waals surface area contributed by atoms with Gasteiger partial charge in [-0.05, 0) is 42.8 Å². The minimum absolute atomic E-state index is 0.136. The predicted molar refractivity (Wildman–Crippen MR) is 130 cm³/mol. The Morgan fingerprint density at radius 3 is 2.70 bits per heavy atom. The molecule has 164 valence electrons. The van der Waals surface area contributed by atoms with E-state index in [1.807, 2.05) is 54.6 Å². The van der Waals surface area contributed by atoms with E-state index in [4.69, 9.17) is 11.6 Å². The Labute approximate surface area is 195 Å². The molecule has 3 aromatic carbocycles. The zero-order chi connectivity index (χ0) is 22.9. The summed E-state index contributed by atoms with van der Waals surface area (Å²) < 4.78 is 0. The van der Waals surface area contributed by atoms with Crippen LogP contribution < -0.4 is 15.5 Å². The molecule has 0 fully saturated rings. The van der Waals surface area contributed by atoms with Crippen molar-refractivity contribution in [2.24, 2.45) is 0 Å². The molecular weight excluding hydrogens is 438 g/mol. The molecule has 0 aliphatic carbocycles. The fraction of sp³-hybridized carbons (Fsp3) is 0.0800. The van der Waals surface area contributed by atoms with Crippen molar-refractivity contribution < 1.29 is 9.59 Å². The highest BCUT2D eigenvalue weighted by Crippen LogP contribution is 2.34. The van der Waals surface area contributed by atoms with Crippen LogP contribution in [0.4, 0.5) is 16.2 Å². The van der Waals surface area contributed by atoms with Crippen LogP contribution in [0.15, 0.2) is 84.2 Å². The number of rotatable bonds is 4. The van der Waals surface area contributed by atoms with Crippen molar-refractivity contribution in [2.75, 3.05) is 16.8 Å². The molecular formula is C25H20ClN5O2. The van der Waals surface area contributed by atoms with E-state index >= 15 is 0 Å². The van der Waals surface area contributed by atoms with Crippen LogP contribution in [-0.4, -0.2) is 28.7 Å². The Bertz CT molecular complexity index is 1410. The van der Waals surface area contributed by atoms with Crippen molar-refractivity contribution in [1.82, 2.24) is 15.5 Å². The molecule has 0 saturated carbocycles. The average molecular weight is 458 g/mol. The number of amides is 3. The Morgan fingerprint density at radius 1 is 1.09 bits per heavy atom. The number of anilines is 2. The van der Waals surface area contributed by atoms with E-state index in [1.54, 1.807) is 25.3 Å². The number of carbonyl (C=O) groups is 2. The van der Waals surface area contributed by atoms with Crippen LogP contribution in [0, 0.1) is 0 Å². The van der Waals surface area contributed by atoms with Gasteiger partial charge in [-0.25, -0.2) is 4.79 Å². The van der Waals surface area contributed by atoms with E-state index < -0.39 is 0 Å². The minimum Gasteiger partial charge on any atom is -0.333 e. The molecule has 0 saturated heterocycles. The number of fused-ring (bicyclic) bond motifs is 1. The molecule has 0 atom stereocenters. The lowest BCUT2D eigenvalue weighted by Gasteiger charge is -2.30. The zero-order valence-corrected chi connectivity index (χ0v) is 18.5. The van der Waals surface area contributed by atoms with Gasteiger partial charge in [0.1, 0.15) is 0 Å². The highest BCUT2D eigenvalue weighted by Gasteiger charge is 2.29. The van der Waals surface area contributed by atoms with Gasteiger partial charge in [0.2, 0.25) is 0 Å². The Kier molecular flexibility index (Phi) is 5.32. The number of benzene rings is 3. The highest BCUT2D eigenvalue weighted by atomic mass is 35.5. The van der Waals surface area contributed by atoms with E-state index in [-0.39, 0.29) is 18.5 Å². The van der Waals surface area contributed by atoms with Gasteiger partial charge in [-0.1, -0.05) is 48.0 Å². The van der Waals surface area contributed by atoms with Gasteiger partial charge in [-0.3, -0.25) is 14.8 Å². The van der Waals surface area contributed by atoms with Gasteiger partial charge in [0.05, 0.1) is 34.5 Å². The van der Waals surface area contributed by atoms with E-state index in [0.717, 1.165) is 22.0 Å². The number of H-pyrrole nitrogens is 1. The molecule has 33 heavy (non-hydrogen) atoms. The quantitative estimate of drug-likeness (QED) is 0.387. The molecule has 4 aromatic rings. The first-order valence-corrected chi connectivity index (χ1v) is 10.8. The number of nitrogens with zero attached hydrogens (tertiary/aromatic N) is 2. The molecule has 0 unspecified atom stereocenters. The van der Waals surface area contributed by atoms with Crippen molar-refractivity contribution in [3.8, 4) is 11.1 Å². The molecule has 8 heteroatoms. The van der Waals surface area contributed by atoms with Crippen LogP contribution >= 0.6 is 11.6 Å². The van der Waals surface area contributed by atoms with Gasteiger partial charge in [-0.2, -0.15) is 5.10 Å². The number of allylic oxidation sites excluding steroid dienone is 1. The van der Waals surface area contributed by atoms with Crippen LogP contribution in [0.1, 0.15) is 6.92 Å². The molecule has 7 nitrogen and oxygen atoms in total. The third-order valence-corrected chi connectivity index (χ3v) is 5.97. The summed E-state index contributed by atoms with van der Waals surface area (Å²) in [6.07, 6.45) is 1.70. The maximum Gasteiger partial charge on any atom is 0.326 e. The van der Waals surface area contributed by atoms with Gasteiger partial charge in [0, 0.05) is 22.3 Å². The molecule has 2 heterocycles. The number of nitrogens with one attached hydrogen (secondary N) is 3. The summed E-state index contributed by atoms with van der Waals surface area (Å²) in [5.41, 5.74) is 4.98. The second kappa shape index (κ2) is 8.44. The second-order valence-corrected chi connectivity index (χ2v) is 8.12. The summed E-state index contributed by atoms with van der Waals surface area (Å²) in [4.78, 5) is 27.2. The maximum atomic E-state index is 13.0. The van der Waals surface area contributed by atoms with Crippen LogP contribution in [-0.2, 0) is 4.79 Å². The topological polar surface area (TPSA) is 90.1 Å². The largest absolute Gasteiger partial charge is 0.333 e. The van der Waals surface area contributed by atoms with Crippen LogP contribution in [0.25, 0.3) is 22.0 Å². The molecule has 1 aromatic heterocycles. The summed E-state index contributed by atoms with van der Waals surface area (Å²) in [5.74, 6) is -0.285. The molecule has 0 radical (unpaired) electrons. The molecule has 1 aliphatic rings. The highest BCUT2D eigenvalue weighted by molar-refractivity contribution is 6.33. The fourth-order valence-corrected chi connectivity index (χ4v) is 4.22. The van der Waals surface area contributed by atoms with Crippen LogP contribution in [0.5, 0.6) is 0 Å². The first-order chi connectivity index (χ1) is 16.0. The first-order valence-electron chi connectivity index (χ1n) is 10.4. The molecule has 5 rings (SSSR count). The van der Waals surface area contributed by atoms with Crippen molar-refractivity contribution >= 4 is 45.8 Å². The Hall–Kier alpha value is -4.10. The van der Waals surface area contributed by atoms with E-state index in [2.05, 4.69) is 20.8 Å². The van der Waals surface area contributed by atoms with Gasteiger partial charge in [0.15, 0.2) is 0 Å². The zero-order valence-electron chi connectivity index (χ0n) is 17.7. The minimum atomic E-state index is -0.313. The Balaban J connectivity index is 1.44. The van der Waals surface area contributed by atoms with E-state index in [1.165, 1.54) is 4.90 Å². The molecule has 0 spiro atoms. The third kappa shape index (κ3) is 3.94. The lowest BCUT2D eigenvalue weighted by molar-refractivity contribution is -0.113. The molecule has 0 bridgehead atoms. The number of hydrogen-bond donors (Lipinski definition) is 3. The number of aromatic nitrogens is 2. The average Bonchev–Trinajstić information content (AvgIpc) is 3.28. The summed E-state index contributed by atoms with van der Waals surface area (Å²) in [6.45, 7) is 1.89. The number of urea groups is 1. The first kappa shape index (κ1) is 20.8. The normalized spacial score (nSPS) is 13.9. The molecule has 3 N–H and O–H groups in total. The van der Waals surface area contributed by atoms with Gasteiger partial charge < -0.3 is 10.6 Å². The fourth-order valence-electron chi connectivity index (χ4n) is 3.94. The summed E-state index contributed by atoms with van der Waals surface area (Å²) in [6, 6.07) is 20.4. The van der Waals surface area contributed by atoms with E-state index in [0.29, 0.717) is 27.7 Å². The number of hydrogen-bond acceptors (Lipinski definition) is 3. The van der Waals surface area contributed by atoms with Gasteiger partial charge >= 0.3 is 6.03 Å². The van der Waals surface area contributed by atoms with Crippen LogP contribution in [0.2, 0.25) is 5.02 Å². The molecule has 3 amide bonds. The number of halogens is 1. The number of aromatic amines is 1. The van der Waals surface area contributed by atoms with Crippen molar-refractivity contribution in [3.05, 3.63) is 89.2 Å². The lowest BCUT2D eigenvalue weighted by Crippen LogP contribution is -2.47. The van der Waals surface area contributed by atoms with Crippen LogP contribution in [0.3, 0.4) is 0 Å². The lowest BCUT2D eigenvalue weighted by atomic mass is 10.0. The summed E-state index contributed by atoms with van der Waals surface area (Å²) in [7, 11) is 0. The van der Waals surface area contributed by atoms with Gasteiger partial charge in [-0.15, -0.1) is 0 Å². The van der Waals surface area contributed by atoms with Crippen molar-refractivity contribution in [1.29, 1.82) is 0 Å². The SMILES string of the molecule is CC1=C(C(=O)Nc2ccc3[nH]ncc3c2)CNC(=O)N1c1ccc(-c2ccccc2)c(Cl)c1. The Morgan fingerprint density at radius 2 is 1.91 bits per heavy atom. The number of carbonyl (C=O) groups excluding carboxylic acids is 2. The summed E-state index contributed by atoms with van der Waals surface area (Å²) >= 11 is 6.56. The smallest absolute Gasteiger partial charge is 0.326 e. The van der Waals surface area contributed by atoms with Crippen molar-refractivity contribution in [3.63, 3.8) is 0 Å². The monoisotopic (exact) mass is 457 g/mol. The van der Waals surface area contributed by atoms with Crippen molar-refractivity contribution in [2.45, 2.75) is 6.92 Å².